The van der Waals surface area contributed by atoms with Crippen molar-refractivity contribution in [2.24, 2.45) is 0 Å². The van der Waals surface area contributed by atoms with E-state index in [0.29, 0.717) is 0 Å². The molecule has 0 unspecified atom stereocenters. The molecule has 4 nitrogen and oxygen atoms in total. The lowest BCUT2D eigenvalue weighted by atomic mass is 9.58. The van der Waals surface area contributed by atoms with E-state index in [0.717, 1.165) is 62.5 Å². The van der Waals surface area contributed by atoms with E-state index in [2.05, 4.69) is 127 Å². The molecule has 0 saturated carbocycles. The van der Waals surface area contributed by atoms with Crippen LogP contribution in [0.4, 0.5) is 0 Å². The van der Waals surface area contributed by atoms with Crippen molar-refractivity contribution in [1.29, 1.82) is 0 Å². The van der Waals surface area contributed by atoms with Crippen LogP contribution in [0.3, 0.4) is 0 Å². The number of nitrogens with zero attached hydrogens (tertiary/aromatic N) is 1. The highest BCUT2D eigenvalue weighted by molar-refractivity contribution is 6.73. The third-order valence-electron chi connectivity index (χ3n) is 11.4. The van der Waals surface area contributed by atoms with Crippen LogP contribution in [0.5, 0.6) is 0 Å². The van der Waals surface area contributed by atoms with Gasteiger partial charge < -0.3 is 18.4 Å². The number of nitrogens with one attached hydrogen (secondary N) is 1. The maximum absolute atomic E-state index is 6.88. The monoisotopic (exact) mass is 614 g/mol. The van der Waals surface area contributed by atoms with Crippen molar-refractivity contribution in [2.45, 2.75) is 19.3 Å². The van der Waals surface area contributed by atoms with Crippen LogP contribution < -0.4 is 10.9 Å². The molecular formula is C43H27BN2O2. The van der Waals surface area contributed by atoms with Crippen LogP contribution in [-0.4, -0.2) is 16.8 Å². The normalized spacial score (nSPS) is 14.4. The lowest BCUT2D eigenvalue weighted by Gasteiger charge is -2.25. The van der Waals surface area contributed by atoms with E-state index in [9.17, 15) is 0 Å². The second-order valence-corrected chi connectivity index (χ2v) is 14.1. The number of rotatable bonds is 1. The lowest BCUT2D eigenvalue weighted by molar-refractivity contribution is 0.657. The van der Waals surface area contributed by atoms with Gasteiger partial charge in [0.2, 0.25) is 5.71 Å². The second-order valence-electron chi connectivity index (χ2n) is 14.1. The molecule has 224 valence electrons. The molecule has 12 rings (SSSR count). The van der Waals surface area contributed by atoms with Gasteiger partial charge in [0.25, 0.3) is 0 Å². The Kier molecular flexibility index (Phi) is 4.36. The van der Waals surface area contributed by atoms with E-state index in [-0.39, 0.29) is 5.41 Å². The van der Waals surface area contributed by atoms with E-state index < -0.39 is 0 Å². The average Bonchev–Trinajstić information content (AvgIpc) is 3.89. The number of aromatic amines is 1. The molecule has 4 aromatic heterocycles. The molecule has 6 aromatic carbocycles. The zero-order valence-corrected chi connectivity index (χ0v) is 26.4. The van der Waals surface area contributed by atoms with Crippen LogP contribution in [0.15, 0.2) is 124 Å². The quantitative estimate of drug-likeness (QED) is 0.187. The molecule has 0 saturated heterocycles. The van der Waals surface area contributed by atoms with Gasteiger partial charge in [0.1, 0.15) is 11.2 Å². The van der Waals surface area contributed by atoms with Gasteiger partial charge in [-0.05, 0) is 40.4 Å². The highest BCUT2D eigenvalue weighted by Gasteiger charge is 2.43. The van der Waals surface area contributed by atoms with Crippen LogP contribution in [0, 0.1) is 0 Å². The van der Waals surface area contributed by atoms with Crippen LogP contribution in [0.1, 0.15) is 25.0 Å². The van der Waals surface area contributed by atoms with Gasteiger partial charge in [0.15, 0.2) is 12.9 Å². The summed E-state index contributed by atoms with van der Waals surface area (Å²) >= 11 is 0. The molecule has 0 atom stereocenters. The first kappa shape index (κ1) is 25.2. The number of fused-ring (bicyclic) bond motifs is 16. The van der Waals surface area contributed by atoms with Gasteiger partial charge in [0.05, 0.1) is 22.3 Å². The Morgan fingerprint density at radius 3 is 2.25 bits per heavy atom. The first-order chi connectivity index (χ1) is 23.6. The number of furan rings is 2. The van der Waals surface area contributed by atoms with Gasteiger partial charge in [-0.25, -0.2) is 0 Å². The molecule has 5 heteroatoms. The van der Waals surface area contributed by atoms with Crippen LogP contribution in [0.25, 0.3) is 93.9 Å². The van der Waals surface area contributed by atoms with Gasteiger partial charge in [-0.3, -0.25) is 0 Å². The van der Waals surface area contributed by atoms with Gasteiger partial charge in [0, 0.05) is 49.0 Å². The molecule has 1 aliphatic carbocycles. The minimum Gasteiger partial charge on any atom is -0.454 e. The number of para-hydroxylation sites is 4. The first-order valence-corrected chi connectivity index (χ1v) is 16.7. The highest BCUT2D eigenvalue weighted by Crippen LogP contribution is 2.54. The fourth-order valence-electron chi connectivity index (χ4n) is 9.39. The third kappa shape index (κ3) is 2.83. The van der Waals surface area contributed by atoms with E-state index in [1.807, 2.05) is 12.1 Å². The smallest absolute Gasteiger partial charge is 0.206 e. The molecule has 5 heterocycles. The molecule has 0 fully saturated rings. The Bertz CT molecular complexity index is 3070. The number of benzene rings is 6. The van der Waals surface area contributed by atoms with Gasteiger partial charge in [-0.1, -0.05) is 116 Å². The van der Waals surface area contributed by atoms with Crippen LogP contribution in [0.2, 0.25) is 0 Å². The lowest BCUT2D eigenvalue weighted by Crippen LogP contribution is -2.37. The molecule has 48 heavy (non-hydrogen) atoms. The zero-order chi connectivity index (χ0) is 31.5. The second kappa shape index (κ2) is 8.31. The van der Waals surface area contributed by atoms with Crippen molar-refractivity contribution in [3.63, 3.8) is 0 Å². The topological polar surface area (TPSA) is 47.0 Å². The van der Waals surface area contributed by atoms with E-state index >= 15 is 0 Å². The summed E-state index contributed by atoms with van der Waals surface area (Å²) in [6.45, 7) is 4.76. The summed E-state index contributed by atoms with van der Waals surface area (Å²) in [5.41, 5.74) is 17.4. The highest BCUT2D eigenvalue weighted by atomic mass is 16.3. The predicted molar refractivity (Wildman–Crippen MR) is 199 cm³/mol. The molecular weight excluding hydrogens is 587 g/mol. The molecule has 1 aliphatic heterocycles. The van der Waals surface area contributed by atoms with Crippen molar-refractivity contribution < 1.29 is 8.83 Å². The molecule has 2 aliphatic rings. The Morgan fingerprint density at radius 1 is 0.646 bits per heavy atom. The third-order valence-corrected chi connectivity index (χ3v) is 11.4. The number of H-pyrrole nitrogens is 1. The molecule has 10 aromatic rings. The van der Waals surface area contributed by atoms with E-state index in [1.165, 1.54) is 60.7 Å². The summed E-state index contributed by atoms with van der Waals surface area (Å²) < 4.78 is 15.8. The van der Waals surface area contributed by atoms with Crippen molar-refractivity contribution >= 4 is 84.0 Å². The summed E-state index contributed by atoms with van der Waals surface area (Å²) in [6.07, 6.45) is 0. The maximum Gasteiger partial charge on any atom is 0.206 e. The van der Waals surface area contributed by atoms with Crippen LogP contribution in [-0.2, 0) is 5.41 Å². The van der Waals surface area contributed by atoms with Crippen LogP contribution >= 0.6 is 0 Å². The minimum atomic E-state index is -0.129. The van der Waals surface area contributed by atoms with E-state index in [4.69, 9.17) is 8.83 Å². The number of aromatic nitrogens is 2. The summed E-state index contributed by atoms with van der Waals surface area (Å²) in [7, 11) is 0.816. The molecule has 0 spiro atoms. The molecule has 0 bridgehead atoms. The molecule has 0 radical (unpaired) electrons. The summed E-state index contributed by atoms with van der Waals surface area (Å²) in [6, 6.07) is 41.7. The largest absolute Gasteiger partial charge is 0.454 e. The number of hydrogen-bond acceptors (Lipinski definition) is 2. The standard InChI is InChI=1S/C43H27BN2O2/c1-43(2)30-17-6-3-12-24(30)39-35(43)27-16-10-18-31-38(27)46(39)40-36(44-31)28(21-29-22-11-4-7-19-32(22)47-41(29)40)23-14-9-15-26-34-25-13-5-8-20-33(25)48-42(34)45-37(23)26/h3-21,44-45H,1-2H3. The average molecular weight is 615 g/mol. The Morgan fingerprint density at radius 2 is 1.35 bits per heavy atom. The predicted octanol–water partition coefficient (Wildman–Crippen LogP) is 9.58. The summed E-state index contributed by atoms with van der Waals surface area (Å²) in [5, 5.41) is 7.05. The Labute approximate surface area is 275 Å². The van der Waals surface area contributed by atoms with Gasteiger partial charge in [-0.2, -0.15) is 0 Å². The Hall–Kier alpha value is -5.94. The van der Waals surface area contributed by atoms with Gasteiger partial charge >= 0.3 is 0 Å². The van der Waals surface area contributed by atoms with Crippen molar-refractivity contribution in [1.82, 2.24) is 9.55 Å². The zero-order valence-electron chi connectivity index (χ0n) is 26.4. The van der Waals surface area contributed by atoms with Crippen molar-refractivity contribution in [2.75, 3.05) is 0 Å². The molecule has 0 amide bonds. The van der Waals surface area contributed by atoms with Crippen molar-refractivity contribution in [3.05, 3.63) is 126 Å². The first-order valence-electron chi connectivity index (χ1n) is 16.7. The summed E-state index contributed by atoms with van der Waals surface area (Å²) in [5.74, 6) is 0. The van der Waals surface area contributed by atoms with E-state index in [1.54, 1.807) is 0 Å². The number of hydrogen-bond donors (Lipinski definition) is 1. The van der Waals surface area contributed by atoms with Crippen molar-refractivity contribution in [3.8, 4) is 28.1 Å². The Balaban J connectivity index is 1.27. The minimum absolute atomic E-state index is 0.129. The maximum atomic E-state index is 6.88. The fourth-order valence-corrected chi connectivity index (χ4v) is 9.39. The molecule has 1 N–H and O–H groups in total. The SMILES string of the molecule is CC1(C)c2ccccc2-c2c1c1cccc3c1n2-c1c(c(-c2cccc4c2[nH]c2oc5ccccc5c24)cc2c1oc1ccccc12)B3. The van der Waals surface area contributed by atoms with Gasteiger partial charge in [-0.15, -0.1) is 0 Å². The summed E-state index contributed by atoms with van der Waals surface area (Å²) in [4.78, 5) is 3.72. The fraction of sp³-hybridized carbons (Fsp3) is 0.0698.